The molecule has 0 aliphatic heterocycles. The van der Waals surface area contributed by atoms with Crippen LogP contribution < -0.4 is 5.32 Å². The molecule has 26 heavy (non-hydrogen) atoms. The van der Waals surface area contributed by atoms with Crippen LogP contribution in [0.2, 0.25) is 0 Å². The van der Waals surface area contributed by atoms with E-state index < -0.39 is 0 Å². The van der Waals surface area contributed by atoms with Crippen LogP contribution >= 0.6 is 27.5 Å². The Bertz CT molecular complexity index is 1080. The van der Waals surface area contributed by atoms with Gasteiger partial charge >= 0.3 is 0 Å². The molecule has 0 fully saturated rings. The van der Waals surface area contributed by atoms with Crippen LogP contribution in [0.1, 0.15) is 11.3 Å². The average molecular weight is 427 g/mol. The zero-order valence-electron chi connectivity index (χ0n) is 13.9. The van der Waals surface area contributed by atoms with Gasteiger partial charge in [-0.05, 0) is 60.4 Å². The number of hydrogen-bond acceptors (Lipinski definition) is 4. The van der Waals surface area contributed by atoms with E-state index in [9.17, 15) is 4.79 Å². The number of benzene rings is 2. The molecule has 2 aromatic carbocycles. The van der Waals surface area contributed by atoms with Gasteiger partial charge in [0, 0.05) is 10.2 Å². The standard InChI is InChI=1S/C19H15BrN4OS/c1-12-8-19(26-23-12)22-18(25)9-13-2-5-15(6-3-13)24-11-21-16-10-14(20)4-7-17(16)24/h2-8,10-11H,9H2,1H3,(H,22,25). The zero-order valence-corrected chi connectivity index (χ0v) is 16.3. The molecule has 4 rings (SSSR count). The number of hydrogen-bond donors (Lipinski definition) is 1. The van der Waals surface area contributed by atoms with Gasteiger partial charge < -0.3 is 5.32 Å². The molecule has 0 aliphatic rings. The number of amides is 1. The van der Waals surface area contributed by atoms with Crippen LogP contribution in [-0.2, 0) is 11.2 Å². The fraction of sp³-hybridized carbons (Fsp3) is 0.105. The minimum atomic E-state index is -0.0423. The van der Waals surface area contributed by atoms with E-state index in [0.717, 1.165) is 37.5 Å². The smallest absolute Gasteiger partial charge is 0.229 e. The number of carbonyl (C=O) groups excluding carboxylic acids is 1. The highest BCUT2D eigenvalue weighted by Gasteiger charge is 2.08. The second-order valence-electron chi connectivity index (χ2n) is 5.97. The number of imidazole rings is 1. The molecule has 4 aromatic rings. The molecule has 0 atom stereocenters. The number of aryl methyl sites for hydroxylation is 1. The Hall–Kier alpha value is -2.51. The summed E-state index contributed by atoms with van der Waals surface area (Å²) in [6, 6.07) is 15.8. The van der Waals surface area contributed by atoms with E-state index in [2.05, 4.69) is 30.6 Å². The van der Waals surface area contributed by atoms with Crippen molar-refractivity contribution in [3.8, 4) is 5.69 Å². The summed E-state index contributed by atoms with van der Waals surface area (Å²) < 4.78 is 7.20. The quantitative estimate of drug-likeness (QED) is 0.512. The molecule has 0 saturated heterocycles. The molecule has 0 spiro atoms. The second-order valence-corrected chi connectivity index (χ2v) is 7.69. The number of aromatic nitrogens is 3. The van der Waals surface area contributed by atoms with E-state index in [1.165, 1.54) is 11.5 Å². The molecule has 0 bridgehead atoms. The highest BCUT2D eigenvalue weighted by atomic mass is 79.9. The van der Waals surface area contributed by atoms with Gasteiger partial charge in [0.1, 0.15) is 11.3 Å². The normalized spacial score (nSPS) is 11.0. The molecular formula is C19H15BrN4OS. The number of anilines is 1. The van der Waals surface area contributed by atoms with Gasteiger partial charge in [-0.2, -0.15) is 4.37 Å². The molecule has 0 aliphatic carbocycles. The summed E-state index contributed by atoms with van der Waals surface area (Å²) >= 11 is 4.76. The van der Waals surface area contributed by atoms with E-state index in [1.807, 2.05) is 66.3 Å². The van der Waals surface area contributed by atoms with Gasteiger partial charge in [-0.25, -0.2) is 4.98 Å². The largest absolute Gasteiger partial charge is 0.316 e. The summed E-state index contributed by atoms with van der Waals surface area (Å²) in [4.78, 5) is 16.6. The number of fused-ring (bicyclic) bond motifs is 1. The first-order chi connectivity index (χ1) is 12.6. The Morgan fingerprint density at radius 2 is 2.00 bits per heavy atom. The van der Waals surface area contributed by atoms with Crippen molar-refractivity contribution in [2.75, 3.05) is 5.32 Å². The maximum Gasteiger partial charge on any atom is 0.229 e. The average Bonchev–Trinajstić information content (AvgIpc) is 3.21. The first kappa shape index (κ1) is 16.9. The Labute approximate surface area is 163 Å². The number of nitrogens with zero attached hydrogens (tertiary/aromatic N) is 3. The van der Waals surface area contributed by atoms with E-state index in [4.69, 9.17) is 0 Å². The number of carbonyl (C=O) groups is 1. The Balaban J connectivity index is 1.50. The Morgan fingerprint density at radius 1 is 1.19 bits per heavy atom. The van der Waals surface area contributed by atoms with Crippen molar-refractivity contribution in [3.05, 3.63) is 70.6 Å². The SMILES string of the molecule is Cc1cc(NC(=O)Cc2ccc(-n3cnc4cc(Br)ccc43)cc2)sn1. The molecule has 130 valence electrons. The van der Waals surface area contributed by atoms with Gasteiger partial charge in [-0.1, -0.05) is 28.1 Å². The van der Waals surface area contributed by atoms with Crippen LogP contribution in [0.3, 0.4) is 0 Å². The van der Waals surface area contributed by atoms with Gasteiger partial charge in [0.2, 0.25) is 5.91 Å². The number of halogens is 1. The molecular weight excluding hydrogens is 412 g/mol. The molecule has 0 saturated carbocycles. The van der Waals surface area contributed by atoms with Crippen LogP contribution in [0.15, 0.2) is 59.3 Å². The van der Waals surface area contributed by atoms with E-state index >= 15 is 0 Å². The molecule has 0 unspecified atom stereocenters. The number of rotatable bonds is 4. The first-order valence-corrected chi connectivity index (χ1v) is 9.60. The van der Waals surface area contributed by atoms with Crippen molar-refractivity contribution < 1.29 is 4.79 Å². The first-order valence-electron chi connectivity index (χ1n) is 8.03. The molecule has 2 aromatic heterocycles. The van der Waals surface area contributed by atoms with Crippen LogP contribution in [0.5, 0.6) is 0 Å². The maximum absolute atomic E-state index is 12.2. The second kappa shape index (κ2) is 7.01. The predicted octanol–water partition coefficient (Wildman–Crippen LogP) is 4.73. The maximum atomic E-state index is 12.2. The van der Waals surface area contributed by atoms with Crippen molar-refractivity contribution in [2.45, 2.75) is 13.3 Å². The lowest BCUT2D eigenvalue weighted by molar-refractivity contribution is -0.115. The van der Waals surface area contributed by atoms with Crippen molar-refractivity contribution in [1.82, 2.24) is 13.9 Å². The summed E-state index contributed by atoms with van der Waals surface area (Å²) in [5.41, 5.74) is 4.85. The minimum Gasteiger partial charge on any atom is -0.316 e. The monoisotopic (exact) mass is 426 g/mol. The van der Waals surface area contributed by atoms with E-state index in [-0.39, 0.29) is 5.91 Å². The lowest BCUT2D eigenvalue weighted by Gasteiger charge is -2.07. The Morgan fingerprint density at radius 3 is 2.73 bits per heavy atom. The van der Waals surface area contributed by atoms with Crippen molar-refractivity contribution in [3.63, 3.8) is 0 Å². The van der Waals surface area contributed by atoms with Crippen LogP contribution in [0.4, 0.5) is 5.00 Å². The van der Waals surface area contributed by atoms with Gasteiger partial charge in [-0.3, -0.25) is 9.36 Å². The molecule has 5 nitrogen and oxygen atoms in total. The summed E-state index contributed by atoms with van der Waals surface area (Å²) in [6.45, 7) is 1.91. The minimum absolute atomic E-state index is 0.0423. The fourth-order valence-electron chi connectivity index (χ4n) is 2.76. The summed E-state index contributed by atoms with van der Waals surface area (Å²) in [7, 11) is 0. The van der Waals surface area contributed by atoms with Crippen LogP contribution in [0, 0.1) is 6.92 Å². The highest BCUT2D eigenvalue weighted by molar-refractivity contribution is 9.10. The van der Waals surface area contributed by atoms with Gasteiger partial charge in [0.05, 0.1) is 23.1 Å². The molecule has 7 heteroatoms. The fourth-order valence-corrected chi connectivity index (χ4v) is 3.78. The molecule has 1 amide bonds. The van der Waals surface area contributed by atoms with Gasteiger partial charge in [0.15, 0.2) is 0 Å². The summed E-state index contributed by atoms with van der Waals surface area (Å²) in [5.74, 6) is -0.0423. The van der Waals surface area contributed by atoms with Crippen LogP contribution in [0.25, 0.3) is 16.7 Å². The lowest BCUT2D eigenvalue weighted by atomic mass is 10.1. The number of nitrogens with one attached hydrogen (secondary N) is 1. The molecule has 0 radical (unpaired) electrons. The van der Waals surface area contributed by atoms with Gasteiger partial charge in [0.25, 0.3) is 0 Å². The van der Waals surface area contributed by atoms with Crippen molar-refractivity contribution in [2.24, 2.45) is 0 Å². The topological polar surface area (TPSA) is 59.8 Å². The third kappa shape index (κ3) is 3.54. The van der Waals surface area contributed by atoms with E-state index in [1.54, 1.807) is 0 Å². The van der Waals surface area contributed by atoms with Crippen molar-refractivity contribution >= 4 is 49.4 Å². The van der Waals surface area contributed by atoms with Gasteiger partial charge in [-0.15, -0.1) is 0 Å². The van der Waals surface area contributed by atoms with Crippen LogP contribution in [-0.4, -0.2) is 19.8 Å². The zero-order chi connectivity index (χ0) is 18.1. The molecule has 2 heterocycles. The Kier molecular flexibility index (Phi) is 4.57. The third-order valence-electron chi connectivity index (χ3n) is 3.98. The third-order valence-corrected chi connectivity index (χ3v) is 5.27. The summed E-state index contributed by atoms with van der Waals surface area (Å²) in [5, 5.41) is 3.66. The summed E-state index contributed by atoms with van der Waals surface area (Å²) in [6.07, 6.45) is 2.14. The van der Waals surface area contributed by atoms with E-state index in [0.29, 0.717) is 6.42 Å². The lowest BCUT2D eigenvalue weighted by Crippen LogP contribution is -2.13. The van der Waals surface area contributed by atoms with Crippen molar-refractivity contribution in [1.29, 1.82) is 0 Å². The molecule has 1 N–H and O–H groups in total. The highest BCUT2D eigenvalue weighted by Crippen LogP contribution is 2.22. The predicted molar refractivity (Wildman–Crippen MR) is 108 cm³/mol.